The van der Waals surface area contributed by atoms with Crippen molar-refractivity contribution in [1.29, 1.82) is 0 Å². The molecule has 1 saturated carbocycles. The summed E-state index contributed by atoms with van der Waals surface area (Å²) < 4.78 is 5.98. The second-order valence-electron chi connectivity index (χ2n) is 10.2. The second kappa shape index (κ2) is 11.7. The van der Waals surface area contributed by atoms with E-state index in [9.17, 15) is 14.4 Å². The summed E-state index contributed by atoms with van der Waals surface area (Å²) in [6.45, 7) is 1.70. The average molecular weight is 527 g/mol. The van der Waals surface area contributed by atoms with Gasteiger partial charge in [0.25, 0.3) is 11.8 Å². The monoisotopic (exact) mass is 526 g/mol. The summed E-state index contributed by atoms with van der Waals surface area (Å²) in [5, 5.41) is 5.98. The first-order valence-electron chi connectivity index (χ1n) is 13.5. The molecule has 202 valence electrons. The van der Waals surface area contributed by atoms with E-state index in [0.29, 0.717) is 22.7 Å². The van der Waals surface area contributed by atoms with Gasteiger partial charge in [-0.25, -0.2) is 0 Å². The van der Waals surface area contributed by atoms with Crippen LogP contribution >= 0.6 is 0 Å². The van der Waals surface area contributed by atoms with Crippen molar-refractivity contribution >= 4 is 29.1 Å². The van der Waals surface area contributed by atoms with Crippen LogP contribution in [0.4, 0.5) is 11.4 Å². The number of nitrogens with zero attached hydrogens (tertiary/aromatic N) is 1. The molecule has 1 aliphatic heterocycles. The maximum Gasteiger partial charge on any atom is 0.268 e. The van der Waals surface area contributed by atoms with Crippen molar-refractivity contribution in [2.45, 2.75) is 63.3 Å². The number of carbonyl (C=O) groups is 3. The molecule has 3 aromatic carbocycles. The van der Waals surface area contributed by atoms with Crippen molar-refractivity contribution in [3.05, 3.63) is 90.0 Å². The summed E-state index contributed by atoms with van der Waals surface area (Å²) in [4.78, 5) is 41.9. The zero-order chi connectivity index (χ0) is 27.4. The zero-order valence-electron chi connectivity index (χ0n) is 22.0. The molecule has 5 rings (SSSR count). The number of hydrogen-bond acceptors (Lipinski definition) is 5. The lowest BCUT2D eigenvalue weighted by molar-refractivity contribution is -0.125. The Kier molecular flexibility index (Phi) is 7.93. The van der Waals surface area contributed by atoms with Crippen molar-refractivity contribution in [2.75, 3.05) is 10.2 Å². The maximum atomic E-state index is 14.0. The van der Waals surface area contributed by atoms with Crippen LogP contribution in [0.3, 0.4) is 0 Å². The Bertz CT molecular complexity index is 1330. The Morgan fingerprint density at radius 2 is 1.69 bits per heavy atom. The first-order chi connectivity index (χ1) is 18.9. The fourth-order valence-electron chi connectivity index (χ4n) is 5.38. The average Bonchev–Trinajstić information content (AvgIpc) is 3.10. The summed E-state index contributed by atoms with van der Waals surface area (Å²) in [6, 6.07) is 22.9. The van der Waals surface area contributed by atoms with Gasteiger partial charge in [0, 0.05) is 17.6 Å². The molecule has 0 radical (unpaired) electrons. The Hall–Kier alpha value is -4.17. The van der Waals surface area contributed by atoms with Gasteiger partial charge in [0.1, 0.15) is 5.75 Å². The molecule has 0 spiro atoms. The highest BCUT2D eigenvalue weighted by Gasteiger charge is 2.36. The van der Waals surface area contributed by atoms with Gasteiger partial charge in [-0.3, -0.25) is 19.3 Å². The Labute approximate surface area is 228 Å². The molecule has 2 aliphatic rings. The van der Waals surface area contributed by atoms with Crippen molar-refractivity contribution < 1.29 is 19.1 Å². The van der Waals surface area contributed by atoms with Crippen LogP contribution in [0.25, 0.3) is 0 Å². The molecule has 3 amide bonds. The highest BCUT2D eigenvalue weighted by molar-refractivity contribution is 6.07. The first-order valence-corrected chi connectivity index (χ1v) is 13.5. The Morgan fingerprint density at radius 1 is 1.00 bits per heavy atom. The van der Waals surface area contributed by atoms with Crippen molar-refractivity contribution in [3.8, 4) is 5.75 Å². The highest BCUT2D eigenvalue weighted by atomic mass is 16.5. The molecule has 4 unspecified atom stereocenters. The van der Waals surface area contributed by atoms with Crippen molar-refractivity contribution in [2.24, 2.45) is 5.73 Å². The van der Waals surface area contributed by atoms with Gasteiger partial charge in [0.05, 0.1) is 23.8 Å². The fraction of sp³-hybridized carbons (Fsp3) is 0.323. The van der Waals surface area contributed by atoms with E-state index in [1.54, 1.807) is 42.2 Å². The van der Waals surface area contributed by atoms with Gasteiger partial charge in [0.2, 0.25) is 5.91 Å². The first kappa shape index (κ1) is 26.4. The van der Waals surface area contributed by atoms with E-state index in [-0.39, 0.29) is 36.2 Å². The number of ether oxygens (including phenoxy) is 1. The van der Waals surface area contributed by atoms with Crippen LogP contribution < -0.4 is 26.0 Å². The van der Waals surface area contributed by atoms with E-state index in [1.165, 1.54) is 0 Å². The van der Waals surface area contributed by atoms with E-state index in [0.717, 1.165) is 31.2 Å². The Balaban J connectivity index is 1.49. The molecule has 8 nitrogen and oxygen atoms in total. The molecule has 39 heavy (non-hydrogen) atoms. The summed E-state index contributed by atoms with van der Waals surface area (Å²) in [7, 11) is 0. The minimum Gasteiger partial charge on any atom is -0.481 e. The van der Waals surface area contributed by atoms with Crippen LogP contribution in [0.15, 0.2) is 78.9 Å². The summed E-state index contributed by atoms with van der Waals surface area (Å²) >= 11 is 0. The standard InChI is InChI=1S/C31H34N4O4/c1-20(39-23-12-6-3-7-13-23)31(38)35-27-17-16-22(30(37)34-25-15-9-8-14-24(25)32)18-26(27)33-29(36)19-28(35)21-10-4-2-5-11-21/h2-7,10-13,16-18,20,24-25,28H,8-9,14-15,19,32H2,1H3,(H,33,36)(H,34,37). The molecule has 1 fully saturated rings. The van der Waals surface area contributed by atoms with Gasteiger partial charge in [-0.05, 0) is 55.7 Å². The molecule has 4 atom stereocenters. The Morgan fingerprint density at radius 3 is 2.41 bits per heavy atom. The van der Waals surface area contributed by atoms with E-state index in [1.807, 2.05) is 48.5 Å². The minimum absolute atomic E-state index is 0.0565. The lowest BCUT2D eigenvalue weighted by atomic mass is 9.91. The number of nitrogens with one attached hydrogen (secondary N) is 2. The number of rotatable bonds is 6. The quantitative estimate of drug-likeness (QED) is 0.435. The molecule has 8 heteroatoms. The van der Waals surface area contributed by atoms with Gasteiger partial charge in [0.15, 0.2) is 6.10 Å². The molecule has 1 aliphatic carbocycles. The van der Waals surface area contributed by atoms with Crippen LogP contribution in [-0.4, -0.2) is 35.9 Å². The van der Waals surface area contributed by atoms with E-state index < -0.39 is 12.1 Å². The van der Waals surface area contributed by atoms with Crippen LogP contribution in [-0.2, 0) is 9.59 Å². The zero-order valence-corrected chi connectivity index (χ0v) is 22.0. The maximum absolute atomic E-state index is 14.0. The number of para-hydroxylation sites is 1. The summed E-state index contributed by atoms with van der Waals surface area (Å²) in [5.41, 5.74) is 8.37. The molecule has 0 bridgehead atoms. The molecule has 0 aromatic heterocycles. The molecule has 4 N–H and O–H groups in total. The third-order valence-electron chi connectivity index (χ3n) is 7.44. The SMILES string of the molecule is CC(Oc1ccccc1)C(=O)N1c2ccc(C(=O)NC3CCCCC3N)cc2NC(=O)CC1c1ccccc1. The third kappa shape index (κ3) is 5.96. The molecular formula is C31H34N4O4. The largest absolute Gasteiger partial charge is 0.481 e. The predicted molar refractivity (Wildman–Crippen MR) is 151 cm³/mol. The fourth-order valence-corrected chi connectivity index (χ4v) is 5.38. The van der Waals surface area contributed by atoms with Gasteiger partial charge in [-0.1, -0.05) is 61.4 Å². The molecule has 3 aromatic rings. The van der Waals surface area contributed by atoms with Gasteiger partial charge in [-0.2, -0.15) is 0 Å². The summed E-state index contributed by atoms with van der Waals surface area (Å²) in [5.74, 6) is -0.219. The number of carbonyl (C=O) groups excluding carboxylic acids is 3. The topological polar surface area (TPSA) is 114 Å². The van der Waals surface area contributed by atoms with Gasteiger partial charge in [-0.15, -0.1) is 0 Å². The van der Waals surface area contributed by atoms with Gasteiger partial charge >= 0.3 is 0 Å². The van der Waals surface area contributed by atoms with Crippen molar-refractivity contribution in [3.63, 3.8) is 0 Å². The number of nitrogens with two attached hydrogens (primary N) is 1. The smallest absolute Gasteiger partial charge is 0.268 e. The number of fused-ring (bicyclic) bond motifs is 1. The van der Waals surface area contributed by atoms with Crippen LogP contribution in [0.2, 0.25) is 0 Å². The van der Waals surface area contributed by atoms with E-state index in [2.05, 4.69) is 10.6 Å². The third-order valence-corrected chi connectivity index (χ3v) is 7.44. The van der Waals surface area contributed by atoms with E-state index in [4.69, 9.17) is 10.5 Å². The highest BCUT2D eigenvalue weighted by Crippen LogP contribution is 2.39. The van der Waals surface area contributed by atoms with Crippen molar-refractivity contribution in [1.82, 2.24) is 5.32 Å². The minimum atomic E-state index is -0.824. The lowest BCUT2D eigenvalue weighted by Gasteiger charge is -2.33. The molecular weight excluding hydrogens is 492 g/mol. The van der Waals surface area contributed by atoms with Gasteiger partial charge < -0.3 is 21.1 Å². The number of hydrogen-bond donors (Lipinski definition) is 3. The van der Waals surface area contributed by atoms with Crippen LogP contribution in [0.1, 0.15) is 61.0 Å². The van der Waals surface area contributed by atoms with Crippen LogP contribution in [0, 0.1) is 0 Å². The molecule has 0 saturated heterocycles. The normalized spacial score (nSPS) is 21.6. The number of benzene rings is 3. The van der Waals surface area contributed by atoms with Crippen LogP contribution in [0.5, 0.6) is 5.75 Å². The summed E-state index contributed by atoms with van der Waals surface area (Å²) in [6.07, 6.45) is 3.05. The van der Waals surface area contributed by atoms with E-state index >= 15 is 0 Å². The molecule has 1 heterocycles. The number of anilines is 2. The second-order valence-corrected chi connectivity index (χ2v) is 10.2. The number of amides is 3. The lowest BCUT2D eigenvalue weighted by Crippen LogP contribution is -2.49. The predicted octanol–water partition coefficient (Wildman–Crippen LogP) is 4.57.